The fraction of sp³-hybridized carbons (Fsp3) is 0. The van der Waals surface area contributed by atoms with Gasteiger partial charge in [-0.1, -0.05) is 6.07 Å². The Balaban J connectivity index is 2.20. The number of nitrogens with zero attached hydrogens (tertiary/aromatic N) is 2. The van der Waals surface area contributed by atoms with Gasteiger partial charge in [0, 0.05) is 23.1 Å². The second-order valence-electron chi connectivity index (χ2n) is 4.41. The van der Waals surface area contributed by atoms with Crippen molar-refractivity contribution in [3.8, 4) is 11.3 Å². The fourth-order valence-electron chi connectivity index (χ4n) is 2.20. The van der Waals surface area contributed by atoms with E-state index in [1.54, 1.807) is 24.3 Å². The second kappa shape index (κ2) is 4.71. The number of aromatic carboxylic acids is 1. The summed E-state index contributed by atoms with van der Waals surface area (Å²) >= 11 is 0. The van der Waals surface area contributed by atoms with Crippen LogP contribution in [0.25, 0.3) is 22.2 Å². The van der Waals surface area contributed by atoms with Crippen LogP contribution < -0.4 is 0 Å². The van der Waals surface area contributed by atoms with Crippen molar-refractivity contribution in [2.45, 2.75) is 0 Å². The smallest absolute Gasteiger partial charge is 0.336 e. The molecule has 1 aromatic heterocycles. The van der Waals surface area contributed by atoms with Crippen molar-refractivity contribution in [3.63, 3.8) is 0 Å². The molecule has 1 heterocycles. The largest absolute Gasteiger partial charge is 0.478 e. The molecule has 3 rings (SSSR count). The lowest BCUT2D eigenvalue weighted by atomic mass is 10.0. The summed E-state index contributed by atoms with van der Waals surface area (Å²) < 4.78 is 0. The topological polar surface area (TPSA) is 109 Å². The van der Waals surface area contributed by atoms with Crippen LogP contribution in [0, 0.1) is 10.1 Å². The van der Waals surface area contributed by atoms with Gasteiger partial charge in [0.15, 0.2) is 0 Å². The zero-order valence-electron chi connectivity index (χ0n) is 10.6. The van der Waals surface area contributed by atoms with E-state index in [9.17, 15) is 20.0 Å². The number of aromatic nitrogens is 2. The fourth-order valence-corrected chi connectivity index (χ4v) is 2.20. The molecule has 0 spiro atoms. The highest BCUT2D eigenvalue weighted by atomic mass is 16.6. The Labute approximate surface area is 118 Å². The number of non-ortho nitro benzene ring substituents is 1. The van der Waals surface area contributed by atoms with Gasteiger partial charge in [-0.05, 0) is 24.3 Å². The Kier molecular flexibility index (Phi) is 2.87. The van der Waals surface area contributed by atoms with Crippen molar-refractivity contribution in [2.75, 3.05) is 0 Å². The SMILES string of the molecule is O=C(O)c1cccc2[nH]nc(-c3ccc([N+](=O)[O-])cc3)c12. The molecule has 7 nitrogen and oxygen atoms in total. The number of hydrogen-bond donors (Lipinski definition) is 2. The van der Waals surface area contributed by atoms with Crippen LogP contribution in [0.4, 0.5) is 5.69 Å². The molecule has 0 saturated carbocycles. The summed E-state index contributed by atoms with van der Waals surface area (Å²) in [5, 5.41) is 27.3. The first-order valence-corrected chi connectivity index (χ1v) is 6.03. The minimum absolute atomic E-state index is 0.0305. The van der Waals surface area contributed by atoms with Crippen LogP contribution in [0.5, 0.6) is 0 Å². The maximum Gasteiger partial charge on any atom is 0.336 e. The van der Waals surface area contributed by atoms with E-state index in [0.717, 1.165) is 0 Å². The van der Waals surface area contributed by atoms with Crippen molar-refractivity contribution in [1.29, 1.82) is 0 Å². The Morgan fingerprint density at radius 2 is 1.90 bits per heavy atom. The Hall–Kier alpha value is -3.22. The van der Waals surface area contributed by atoms with Gasteiger partial charge in [-0.3, -0.25) is 15.2 Å². The van der Waals surface area contributed by atoms with E-state index < -0.39 is 10.9 Å². The molecule has 0 aliphatic rings. The number of nitro benzene ring substituents is 1. The van der Waals surface area contributed by atoms with E-state index in [1.165, 1.54) is 18.2 Å². The number of carboxylic acid groups (broad SMARTS) is 1. The lowest BCUT2D eigenvalue weighted by Gasteiger charge is -2.01. The molecule has 0 aliphatic carbocycles. The molecule has 0 unspecified atom stereocenters. The summed E-state index contributed by atoms with van der Waals surface area (Å²) in [6.45, 7) is 0. The van der Waals surface area contributed by atoms with Gasteiger partial charge >= 0.3 is 5.97 Å². The third kappa shape index (κ3) is 2.10. The van der Waals surface area contributed by atoms with Crippen LogP contribution in [-0.4, -0.2) is 26.2 Å². The van der Waals surface area contributed by atoms with Gasteiger partial charge in [0.25, 0.3) is 5.69 Å². The van der Waals surface area contributed by atoms with Crippen LogP contribution in [0.15, 0.2) is 42.5 Å². The van der Waals surface area contributed by atoms with Gasteiger partial charge in [0.2, 0.25) is 0 Å². The molecule has 0 bridgehead atoms. The average Bonchev–Trinajstić information content (AvgIpc) is 2.91. The van der Waals surface area contributed by atoms with Crippen LogP contribution in [0.2, 0.25) is 0 Å². The van der Waals surface area contributed by atoms with Crippen molar-refractivity contribution >= 4 is 22.6 Å². The van der Waals surface area contributed by atoms with Crippen LogP contribution in [-0.2, 0) is 0 Å². The standard InChI is InChI=1S/C14H9N3O4/c18-14(19)10-2-1-3-11-12(10)13(16-15-11)8-4-6-9(7-5-8)17(20)21/h1-7H,(H,15,16)(H,18,19). The number of nitrogens with one attached hydrogen (secondary N) is 1. The van der Waals surface area contributed by atoms with Crippen molar-refractivity contribution in [3.05, 3.63) is 58.1 Å². The van der Waals surface area contributed by atoms with Gasteiger partial charge in [-0.15, -0.1) is 0 Å². The maximum atomic E-state index is 11.3. The molecule has 0 saturated heterocycles. The zero-order chi connectivity index (χ0) is 15.0. The molecule has 7 heteroatoms. The molecule has 0 atom stereocenters. The molecule has 0 amide bonds. The number of nitro groups is 1. The van der Waals surface area contributed by atoms with E-state index in [1.807, 2.05) is 0 Å². The highest BCUT2D eigenvalue weighted by Crippen LogP contribution is 2.30. The second-order valence-corrected chi connectivity index (χ2v) is 4.41. The molecule has 104 valence electrons. The quantitative estimate of drug-likeness (QED) is 0.567. The summed E-state index contributed by atoms with van der Waals surface area (Å²) in [6, 6.07) is 10.7. The summed E-state index contributed by atoms with van der Waals surface area (Å²) in [4.78, 5) is 21.5. The lowest BCUT2D eigenvalue weighted by Crippen LogP contribution is -1.97. The van der Waals surface area contributed by atoms with E-state index in [4.69, 9.17) is 0 Å². The van der Waals surface area contributed by atoms with E-state index in [2.05, 4.69) is 10.2 Å². The van der Waals surface area contributed by atoms with Gasteiger partial charge in [-0.25, -0.2) is 4.79 Å². The summed E-state index contributed by atoms with van der Waals surface area (Å²) in [5.41, 5.74) is 1.77. The molecular weight excluding hydrogens is 274 g/mol. The van der Waals surface area contributed by atoms with Crippen LogP contribution in [0.1, 0.15) is 10.4 Å². The number of hydrogen-bond acceptors (Lipinski definition) is 4. The van der Waals surface area contributed by atoms with Gasteiger partial charge in [0.1, 0.15) is 5.69 Å². The third-order valence-corrected chi connectivity index (χ3v) is 3.17. The van der Waals surface area contributed by atoms with E-state index in [0.29, 0.717) is 22.2 Å². The number of H-pyrrole nitrogens is 1. The van der Waals surface area contributed by atoms with Crippen LogP contribution in [0.3, 0.4) is 0 Å². The predicted molar refractivity (Wildman–Crippen MR) is 75.1 cm³/mol. The van der Waals surface area contributed by atoms with Crippen molar-refractivity contribution < 1.29 is 14.8 Å². The normalized spacial score (nSPS) is 10.7. The summed E-state index contributed by atoms with van der Waals surface area (Å²) in [6.07, 6.45) is 0. The number of carboxylic acids is 1. The van der Waals surface area contributed by atoms with Crippen LogP contribution >= 0.6 is 0 Å². The minimum Gasteiger partial charge on any atom is -0.478 e. The highest BCUT2D eigenvalue weighted by molar-refractivity contribution is 6.08. The number of carbonyl (C=O) groups is 1. The zero-order valence-corrected chi connectivity index (χ0v) is 10.6. The molecular formula is C14H9N3O4. The monoisotopic (exact) mass is 283 g/mol. The minimum atomic E-state index is -1.05. The highest BCUT2D eigenvalue weighted by Gasteiger charge is 2.16. The van der Waals surface area contributed by atoms with Gasteiger partial charge in [-0.2, -0.15) is 5.10 Å². The van der Waals surface area contributed by atoms with E-state index in [-0.39, 0.29) is 11.3 Å². The molecule has 21 heavy (non-hydrogen) atoms. The summed E-state index contributed by atoms with van der Waals surface area (Å²) in [5.74, 6) is -1.05. The summed E-state index contributed by atoms with van der Waals surface area (Å²) in [7, 11) is 0. The van der Waals surface area contributed by atoms with E-state index >= 15 is 0 Å². The third-order valence-electron chi connectivity index (χ3n) is 3.17. The maximum absolute atomic E-state index is 11.3. The van der Waals surface area contributed by atoms with Crippen molar-refractivity contribution in [1.82, 2.24) is 10.2 Å². The number of rotatable bonds is 3. The molecule has 2 aromatic carbocycles. The number of fused-ring (bicyclic) bond motifs is 1. The molecule has 0 aliphatic heterocycles. The Morgan fingerprint density at radius 1 is 1.19 bits per heavy atom. The Bertz CT molecular complexity index is 852. The molecule has 3 aromatic rings. The number of aromatic amines is 1. The van der Waals surface area contributed by atoms with Gasteiger partial charge in [0.05, 0.1) is 16.0 Å². The first-order chi connectivity index (χ1) is 10.1. The lowest BCUT2D eigenvalue weighted by molar-refractivity contribution is -0.384. The predicted octanol–water partition coefficient (Wildman–Crippen LogP) is 2.84. The first-order valence-electron chi connectivity index (χ1n) is 6.03. The molecule has 0 radical (unpaired) electrons. The first kappa shape index (κ1) is 12.8. The Morgan fingerprint density at radius 3 is 2.52 bits per heavy atom. The molecule has 2 N–H and O–H groups in total. The van der Waals surface area contributed by atoms with Gasteiger partial charge < -0.3 is 5.11 Å². The number of benzene rings is 2. The average molecular weight is 283 g/mol. The van der Waals surface area contributed by atoms with Crippen molar-refractivity contribution in [2.24, 2.45) is 0 Å². The molecule has 0 fully saturated rings.